The van der Waals surface area contributed by atoms with Crippen molar-refractivity contribution in [2.75, 3.05) is 6.61 Å². The molecule has 1 aromatic rings. The summed E-state index contributed by atoms with van der Waals surface area (Å²) in [7, 11) is 0. The molecule has 3 nitrogen and oxygen atoms in total. The third-order valence-electron chi connectivity index (χ3n) is 0.803. The van der Waals surface area contributed by atoms with Gasteiger partial charge in [0.1, 0.15) is 4.64 Å². The molecule has 0 radical (unpaired) electrons. The molecule has 2 N–H and O–H groups in total. The second kappa shape index (κ2) is 9.22. The van der Waals surface area contributed by atoms with E-state index in [1.54, 1.807) is 25.1 Å². The molecule has 0 saturated heterocycles. The van der Waals surface area contributed by atoms with E-state index in [0.29, 0.717) is 4.64 Å². The largest absolute Gasteiger partial charge is 1.00 e. The zero-order chi connectivity index (χ0) is 8.69. The van der Waals surface area contributed by atoms with E-state index < -0.39 is 0 Å². The Morgan fingerprint density at radius 1 is 1.58 bits per heavy atom. The molecule has 0 spiro atoms. The second-order valence-electron chi connectivity index (χ2n) is 1.70. The average Bonchev–Trinajstić information content (AvgIpc) is 1.97. The van der Waals surface area contributed by atoms with Crippen molar-refractivity contribution in [2.24, 2.45) is 0 Å². The van der Waals surface area contributed by atoms with E-state index in [4.69, 9.17) is 10.3 Å². The molecule has 0 saturated carbocycles. The molecule has 1 heterocycles. The van der Waals surface area contributed by atoms with Crippen LogP contribution in [0.2, 0.25) is 0 Å². The maximum atomic E-state index is 8.73. The first-order valence-electron chi connectivity index (χ1n) is 3.20. The van der Waals surface area contributed by atoms with Gasteiger partial charge in [-0.2, -0.15) is 4.73 Å². The summed E-state index contributed by atoms with van der Waals surface area (Å²) in [4.78, 5) is 0. The molecule has 1 aromatic heterocycles. The number of rotatable bonds is 0. The van der Waals surface area contributed by atoms with Gasteiger partial charge >= 0.3 is 29.6 Å². The van der Waals surface area contributed by atoms with Gasteiger partial charge in [-0.15, -0.1) is 0 Å². The van der Waals surface area contributed by atoms with E-state index in [1.165, 1.54) is 6.20 Å². The molecule has 5 heteroatoms. The molecule has 0 aromatic carbocycles. The maximum Gasteiger partial charge on any atom is 1.00 e. The summed E-state index contributed by atoms with van der Waals surface area (Å²) in [5, 5.41) is 16.3. The van der Waals surface area contributed by atoms with Crippen LogP contribution in [0, 0.1) is 4.64 Å². The van der Waals surface area contributed by atoms with Gasteiger partial charge in [-0.3, -0.25) is 0 Å². The van der Waals surface area contributed by atoms with Crippen molar-refractivity contribution in [2.45, 2.75) is 6.92 Å². The van der Waals surface area contributed by atoms with Gasteiger partial charge in [0.2, 0.25) is 0 Å². The average molecular weight is 197 g/mol. The van der Waals surface area contributed by atoms with Gasteiger partial charge in [0.25, 0.3) is 0 Å². The quantitative estimate of drug-likeness (QED) is 0.304. The Kier molecular flexibility index (Phi) is 11.3. The minimum atomic E-state index is 0. The first kappa shape index (κ1) is 14.6. The zero-order valence-electron chi connectivity index (χ0n) is 8.27. The molecule has 0 aliphatic heterocycles. The van der Waals surface area contributed by atoms with Crippen LogP contribution in [0.15, 0.2) is 24.4 Å². The normalized spacial score (nSPS) is 7.50. The summed E-state index contributed by atoms with van der Waals surface area (Å²) in [5.41, 5.74) is 0. The minimum Gasteiger partial charge on any atom is -1.00 e. The Bertz CT molecular complexity index is 256. The fraction of sp³-hybridized carbons (Fsp3) is 0.286. The molecule has 64 valence electrons. The Labute approximate surface area is 100 Å². The van der Waals surface area contributed by atoms with Crippen LogP contribution in [0.1, 0.15) is 8.35 Å². The molecule has 0 amide bonds. The molecule has 0 bridgehead atoms. The third-order valence-corrected chi connectivity index (χ3v) is 1.13. The van der Waals surface area contributed by atoms with Crippen molar-refractivity contribution in [1.29, 1.82) is 0 Å². The van der Waals surface area contributed by atoms with Gasteiger partial charge in [0.05, 0.1) is 0 Å². The van der Waals surface area contributed by atoms with Crippen molar-refractivity contribution >= 4 is 12.2 Å². The maximum absolute atomic E-state index is 8.73. The summed E-state index contributed by atoms with van der Waals surface area (Å²) in [6, 6.07) is 5.13. The van der Waals surface area contributed by atoms with E-state index in [1.807, 2.05) is 0 Å². The Morgan fingerprint density at radius 3 is 2.33 bits per heavy atom. The van der Waals surface area contributed by atoms with Gasteiger partial charge < -0.3 is 11.7 Å². The molecule has 1 rings (SSSR count). The number of aromatic nitrogens is 1. The molecular formula is C7H12NNaO2S. The topological polar surface area (TPSA) is 45.4 Å². The van der Waals surface area contributed by atoms with E-state index >= 15 is 0 Å². The fourth-order valence-corrected chi connectivity index (χ4v) is 0.558. The van der Waals surface area contributed by atoms with Crippen molar-refractivity contribution in [3.63, 3.8) is 0 Å². The number of hydrogen-bond acceptors (Lipinski definition) is 3. The molecule has 0 fully saturated rings. The van der Waals surface area contributed by atoms with E-state index in [9.17, 15) is 0 Å². The number of nitrogens with zero attached hydrogens (tertiary/aromatic N) is 1. The first-order valence-corrected chi connectivity index (χ1v) is 3.61. The summed E-state index contributed by atoms with van der Waals surface area (Å²) < 4.78 is 1.32. The van der Waals surface area contributed by atoms with Gasteiger partial charge in [-0.1, -0.05) is 18.3 Å². The van der Waals surface area contributed by atoms with Crippen LogP contribution < -0.4 is 29.6 Å². The van der Waals surface area contributed by atoms with Crippen molar-refractivity contribution in [3.05, 3.63) is 29.0 Å². The van der Waals surface area contributed by atoms with Crippen molar-refractivity contribution in [1.82, 2.24) is 4.73 Å². The number of pyridine rings is 1. The van der Waals surface area contributed by atoms with Crippen LogP contribution in [0.4, 0.5) is 0 Å². The Balaban J connectivity index is -0.000000180. The third kappa shape index (κ3) is 6.82. The first-order chi connectivity index (χ1) is 5.22. The smallest absolute Gasteiger partial charge is 1.00 e. The van der Waals surface area contributed by atoms with Crippen LogP contribution in [0.3, 0.4) is 0 Å². The van der Waals surface area contributed by atoms with Gasteiger partial charge in [-0.05, 0) is 19.1 Å². The van der Waals surface area contributed by atoms with Gasteiger partial charge in [-0.25, -0.2) is 0 Å². The molecular weight excluding hydrogens is 185 g/mol. The monoisotopic (exact) mass is 197 g/mol. The standard InChI is InChI=1S/C5H5NOS.C2H6O.Na.H/c7-6-4-2-1-3-5(6)8;1-2-3;;/h1-4,7H;3H,2H2,1H3;;/q;;+1;-1. The molecule has 12 heavy (non-hydrogen) atoms. The second-order valence-corrected chi connectivity index (χ2v) is 2.12. The van der Waals surface area contributed by atoms with Crippen molar-refractivity contribution < 1.29 is 41.3 Å². The summed E-state index contributed by atoms with van der Waals surface area (Å²) in [6.07, 6.45) is 1.49. The van der Waals surface area contributed by atoms with Crippen LogP contribution >= 0.6 is 12.2 Å². The van der Waals surface area contributed by atoms with E-state index in [2.05, 4.69) is 12.2 Å². The Morgan fingerprint density at radius 2 is 2.08 bits per heavy atom. The summed E-state index contributed by atoms with van der Waals surface area (Å²) >= 11 is 4.67. The van der Waals surface area contributed by atoms with Crippen LogP contribution in [-0.4, -0.2) is 21.7 Å². The van der Waals surface area contributed by atoms with Crippen LogP contribution in [0.5, 0.6) is 0 Å². The van der Waals surface area contributed by atoms with Gasteiger partial charge in [0, 0.05) is 12.8 Å². The van der Waals surface area contributed by atoms with Crippen LogP contribution in [0.25, 0.3) is 0 Å². The molecule has 0 aliphatic rings. The number of hydrogen-bond donors (Lipinski definition) is 2. The SMILES string of the molecule is CCO.On1ccccc1=S.[H-].[Na+]. The van der Waals surface area contributed by atoms with Gasteiger partial charge in [0.15, 0.2) is 0 Å². The zero-order valence-corrected chi connectivity index (χ0v) is 10.1. The predicted molar refractivity (Wildman–Crippen MR) is 46.3 cm³/mol. The van der Waals surface area contributed by atoms with E-state index in [0.717, 1.165) is 4.73 Å². The van der Waals surface area contributed by atoms with Crippen LogP contribution in [-0.2, 0) is 0 Å². The number of aliphatic hydroxyl groups is 1. The van der Waals surface area contributed by atoms with Crippen molar-refractivity contribution in [3.8, 4) is 0 Å². The molecule has 0 aliphatic carbocycles. The predicted octanol–water partition coefficient (Wildman–Crippen LogP) is -1.43. The Hall–Kier alpha value is 0.130. The summed E-state index contributed by atoms with van der Waals surface area (Å²) in [5.74, 6) is 0. The summed E-state index contributed by atoms with van der Waals surface area (Å²) in [6.45, 7) is 1.93. The molecule has 0 atom stereocenters. The molecule has 0 unspecified atom stereocenters. The fourth-order valence-electron chi connectivity index (χ4n) is 0.419. The van der Waals surface area contributed by atoms with E-state index in [-0.39, 0.29) is 37.6 Å². The minimum absolute atomic E-state index is 0. The number of aliphatic hydroxyl groups excluding tert-OH is 1.